The molecule has 0 bridgehead atoms. The molecule has 0 spiro atoms. The van der Waals surface area contributed by atoms with Gasteiger partial charge in [-0.05, 0) is 87.1 Å². The van der Waals surface area contributed by atoms with Crippen molar-refractivity contribution >= 4 is 50.5 Å². The molecule has 200 valence electrons. The average Bonchev–Trinajstić information content (AvgIpc) is 3.05. The first-order valence-corrected chi connectivity index (χ1v) is 14.4. The fourth-order valence-electron chi connectivity index (χ4n) is 6.06. The van der Waals surface area contributed by atoms with Crippen LogP contribution >= 0.6 is 0 Å². The van der Waals surface area contributed by atoms with Crippen LogP contribution in [-0.2, 0) is 0 Å². The molecule has 0 saturated carbocycles. The van der Waals surface area contributed by atoms with Crippen LogP contribution < -0.4 is 4.90 Å². The molecular weight excluding hydrogens is 508 g/mol. The summed E-state index contributed by atoms with van der Waals surface area (Å²) in [6.07, 6.45) is 1.85. The number of benzene rings is 7. The SMILES string of the molecule is CC=Nc1ccccc1N(c1ccccc1)c1cccc(-c2c3ccccc3c(-c3ccccc3)c3ccccc23)c1. The van der Waals surface area contributed by atoms with Crippen molar-refractivity contribution in [1.29, 1.82) is 0 Å². The van der Waals surface area contributed by atoms with Crippen LogP contribution in [0.3, 0.4) is 0 Å². The van der Waals surface area contributed by atoms with Gasteiger partial charge in [-0.3, -0.25) is 4.99 Å². The van der Waals surface area contributed by atoms with E-state index in [1.54, 1.807) is 0 Å². The number of nitrogens with zero attached hydrogens (tertiary/aromatic N) is 2. The monoisotopic (exact) mass is 538 g/mol. The maximum Gasteiger partial charge on any atom is 0.0866 e. The summed E-state index contributed by atoms with van der Waals surface area (Å²) < 4.78 is 0. The lowest BCUT2D eigenvalue weighted by Crippen LogP contribution is -2.10. The molecule has 42 heavy (non-hydrogen) atoms. The molecule has 0 aliphatic rings. The number of rotatable bonds is 6. The van der Waals surface area contributed by atoms with Gasteiger partial charge in [0.25, 0.3) is 0 Å². The average molecular weight is 539 g/mol. The van der Waals surface area contributed by atoms with E-state index in [9.17, 15) is 0 Å². The van der Waals surface area contributed by atoms with Gasteiger partial charge in [-0.1, -0.05) is 121 Å². The van der Waals surface area contributed by atoms with Gasteiger partial charge in [-0.15, -0.1) is 0 Å². The Kier molecular flexibility index (Phi) is 6.79. The number of hydrogen-bond acceptors (Lipinski definition) is 2. The number of aliphatic imine (C=N–C) groups is 1. The van der Waals surface area contributed by atoms with Gasteiger partial charge in [-0.2, -0.15) is 0 Å². The van der Waals surface area contributed by atoms with Crippen molar-refractivity contribution in [1.82, 2.24) is 0 Å². The maximum atomic E-state index is 4.71. The number of fused-ring (bicyclic) bond motifs is 2. The van der Waals surface area contributed by atoms with Crippen molar-refractivity contribution in [3.63, 3.8) is 0 Å². The third-order valence-corrected chi connectivity index (χ3v) is 7.79. The van der Waals surface area contributed by atoms with Crippen LogP contribution in [0.1, 0.15) is 6.92 Å². The molecule has 2 nitrogen and oxygen atoms in total. The molecule has 0 aliphatic carbocycles. The van der Waals surface area contributed by atoms with E-state index < -0.39 is 0 Å². The van der Waals surface area contributed by atoms with Gasteiger partial charge in [-0.25, -0.2) is 0 Å². The van der Waals surface area contributed by atoms with Gasteiger partial charge in [0.2, 0.25) is 0 Å². The molecule has 0 amide bonds. The van der Waals surface area contributed by atoms with E-state index >= 15 is 0 Å². The number of hydrogen-bond donors (Lipinski definition) is 0. The highest BCUT2D eigenvalue weighted by atomic mass is 15.2. The summed E-state index contributed by atoms with van der Waals surface area (Å²) in [7, 11) is 0. The van der Waals surface area contributed by atoms with Crippen LogP contribution in [0.2, 0.25) is 0 Å². The molecule has 0 N–H and O–H groups in total. The smallest absolute Gasteiger partial charge is 0.0866 e. The molecule has 7 aromatic carbocycles. The molecular formula is C40H30N2. The van der Waals surface area contributed by atoms with Gasteiger partial charge in [0, 0.05) is 17.6 Å². The molecule has 0 radical (unpaired) electrons. The molecule has 7 rings (SSSR count). The van der Waals surface area contributed by atoms with Gasteiger partial charge < -0.3 is 4.90 Å². The Balaban J connectivity index is 1.50. The normalized spacial score (nSPS) is 11.4. The Morgan fingerprint density at radius 3 is 1.55 bits per heavy atom. The fraction of sp³-hybridized carbons (Fsp3) is 0.0250. The molecule has 0 heterocycles. The first kappa shape index (κ1) is 25.5. The molecule has 0 aliphatic heterocycles. The summed E-state index contributed by atoms with van der Waals surface area (Å²) in [5.74, 6) is 0. The van der Waals surface area contributed by atoms with Gasteiger partial charge in [0.15, 0.2) is 0 Å². The lowest BCUT2D eigenvalue weighted by Gasteiger charge is -2.27. The predicted octanol–water partition coefficient (Wildman–Crippen LogP) is 11.5. The van der Waals surface area contributed by atoms with Crippen LogP contribution in [0.15, 0.2) is 163 Å². The highest BCUT2D eigenvalue weighted by Gasteiger charge is 2.19. The molecule has 0 atom stereocenters. The maximum absolute atomic E-state index is 4.71. The van der Waals surface area contributed by atoms with Gasteiger partial charge in [0.05, 0.1) is 11.4 Å². The lowest BCUT2D eigenvalue weighted by molar-refractivity contribution is 1.27. The van der Waals surface area contributed by atoms with E-state index in [1.807, 2.05) is 19.2 Å². The molecule has 0 fully saturated rings. The zero-order valence-electron chi connectivity index (χ0n) is 23.5. The predicted molar refractivity (Wildman–Crippen MR) is 181 cm³/mol. The summed E-state index contributed by atoms with van der Waals surface area (Å²) in [6, 6.07) is 56.1. The van der Waals surface area contributed by atoms with Crippen molar-refractivity contribution in [2.45, 2.75) is 6.92 Å². The minimum absolute atomic E-state index is 0.928. The zero-order chi connectivity index (χ0) is 28.3. The summed E-state index contributed by atoms with van der Waals surface area (Å²) in [5.41, 5.74) is 9.06. The standard InChI is InChI=1S/C40H30N2/c1-2-41-37-26-13-14-27-38(37)42(31-19-7-4-8-20-31)32-21-15-18-30(28-32)40-35-24-11-9-22-33(35)39(29-16-5-3-6-17-29)34-23-10-12-25-36(34)40/h2-28H,1H3. The zero-order valence-corrected chi connectivity index (χ0v) is 23.5. The Morgan fingerprint density at radius 2 is 0.929 bits per heavy atom. The van der Waals surface area contributed by atoms with E-state index in [0.717, 1.165) is 22.7 Å². The van der Waals surface area contributed by atoms with E-state index in [2.05, 4.69) is 157 Å². The molecule has 0 unspecified atom stereocenters. The summed E-state index contributed by atoms with van der Waals surface area (Å²) in [5, 5.41) is 5.00. The van der Waals surface area contributed by atoms with Crippen LogP contribution in [0.5, 0.6) is 0 Å². The Morgan fingerprint density at radius 1 is 0.452 bits per heavy atom. The highest BCUT2D eigenvalue weighted by molar-refractivity contribution is 6.21. The van der Waals surface area contributed by atoms with Crippen LogP contribution in [0.25, 0.3) is 43.8 Å². The summed E-state index contributed by atoms with van der Waals surface area (Å²) in [6.45, 7) is 1.96. The second kappa shape index (κ2) is 11.2. The van der Waals surface area contributed by atoms with E-state index in [4.69, 9.17) is 4.99 Å². The second-order valence-electron chi connectivity index (χ2n) is 10.3. The minimum atomic E-state index is 0.928. The minimum Gasteiger partial charge on any atom is -0.308 e. The third kappa shape index (κ3) is 4.53. The van der Waals surface area contributed by atoms with Crippen molar-refractivity contribution in [3.8, 4) is 22.3 Å². The quantitative estimate of drug-likeness (QED) is 0.152. The number of para-hydroxylation sites is 3. The van der Waals surface area contributed by atoms with Gasteiger partial charge >= 0.3 is 0 Å². The largest absolute Gasteiger partial charge is 0.308 e. The van der Waals surface area contributed by atoms with E-state index in [0.29, 0.717) is 0 Å². The second-order valence-corrected chi connectivity index (χ2v) is 10.3. The molecule has 0 saturated heterocycles. The van der Waals surface area contributed by atoms with E-state index in [1.165, 1.54) is 43.8 Å². The van der Waals surface area contributed by atoms with Crippen molar-refractivity contribution in [3.05, 3.63) is 158 Å². The lowest BCUT2D eigenvalue weighted by atomic mass is 9.86. The molecule has 7 aromatic rings. The van der Waals surface area contributed by atoms with Crippen LogP contribution in [0.4, 0.5) is 22.7 Å². The van der Waals surface area contributed by atoms with Crippen molar-refractivity contribution in [2.75, 3.05) is 4.90 Å². The Labute approximate surface area is 246 Å². The number of anilines is 3. The fourth-order valence-corrected chi connectivity index (χ4v) is 6.06. The van der Waals surface area contributed by atoms with Crippen LogP contribution in [0, 0.1) is 0 Å². The summed E-state index contributed by atoms with van der Waals surface area (Å²) >= 11 is 0. The third-order valence-electron chi connectivity index (χ3n) is 7.79. The molecule has 2 heteroatoms. The first-order valence-electron chi connectivity index (χ1n) is 14.4. The summed E-state index contributed by atoms with van der Waals surface area (Å²) in [4.78, 5) is 7.01. The highest BCUT2D eigenvalue weighted by Crippen LogP contribution is 2.46. The van der Waals surface area contributed by atoms with E-state index in [-0.39, 0.29) is 0 Å². The van der Waals surface area contributed by atoms with Crippen LogP contribution in [-0.4, -0.2) is 6.21 Å². The Bertz CT molecular complexity index is 1990. The van der Waals surface area contributed by atoms with Gasteiger partial charge in [0.1, 0.15) is 0 Å². The van der Waals surface area contributed by atoms with Crippen molar-refractivity contribution in [2.24, 2.45) is 4.99 Å². The molecule has 0 aromatic heterocycles. The Hall–Kier alpha value is -5.47. The topological polar surface area (TPSA) is 15.6 Å². The van der Waals surface area contributed by atoms with Crippen molar-refractivity contribution < 1.29 is 0 Å². The first-order chi connectivity index (χ1) is 20.8.